The van der Waals surface area contributed by atoms with Crippen molar-refractivity contribution in [3.05, 3.63) is 77.8 Å². The van der Waals surface area contributed by atoms with Crippen LogP contribution in [0.1, 0.15) is 16.9 Å². The molecule has 0 spiro atoms. The highest BCUT2D eigenvalue weighted by Crippen LogP contribution is 2.22. The summed E-state index contributed by atoms with van der Waals surface area (Å²) in [6, 6.07) is 15.3. The fourth-order valence-corrected chi connectivity index (χ4v) is 2.71. The minimum absolute atomic E-state index is 0.236. The van der Waals surface area contributed by atoms with Crippen LogP contribution in [0.4, 0.5) is 5.69 Å². The van der Waals surface area contributed by atoms with Crippen molar-refractivity contribution in [1.29, 1.82) is 0 Å². The Morgan fingerprint density at radius 1 is 1.07 bits per heavy atom. The van der Waals surface area contributed by atoms with E-state index in [4.69, 9.17) is 4.42 Å². The SMILES string of the molecule is Cc1ccc(-n2nc3cc(C)c(NC(=O)/C=C\c4ccco4)cc3n2)cc1. The predicted octanol–water partition coefficient (Wildman–Crippen LogP) is 4.28. The van der Waals surface area contributed by atoms with E-state index >= 15 is 0 Å². The standard InChI is InChI=1S/C21H18N4O2/c1-14-5-7-16(8-6-14)25-23-19-12-15(2)18(13-20(19)24-25)22-21(26)10-9-17-4-3-11-27-17/h3-13H,1-2H3,(H,22,26)/b10-9-. The van der Waals surface area contributed by atoms with Crippen molar-refractivity contribution in [2.24, 2.45) is 0 Å². The van der Waals surface area contributed by atoms with Crippen molar-refractivity contribution < 1.29 is 9.21 Å². The maximum Gasteiger partial charge on any atom is 0.248 e. The van der Waals surface area contributed by atoms with Gasteiger partial charge in [-0.3, -0.25) is 4.79 Å². The van der Waals surface area contributed by atoms with Gasteiger partial charge in [-0.25, -0.2) is 0 Å². The zero-order chi connectivity index (χ0) is 18.8. The molecule has 4 rings (SSSR count). The van der Waals surface area contributed by atoms with E-state index in [9.17, 15) is 4.79 Å². The predicted molar refractivity (Wildman–Crippen MR) is 105 cm³/mol. The third kappa shape index (κ3) is 3.64. The zero-order valence-electron chi connectivity index (χ0n) is 15.0. The minimum Gasteiger partial charge on any atom is -0.465 e. The summed E-state index contributed by atoms with van der Waals surface area (Å²) < 4.78 is 5.18. The van der Waals surface area contributed by atoms with Crippen LogP contribution >= 0.6 is 0 Å². The molecule has 1 N–H and O–H groups in total. The number of anilines is 1. The molecule has 0 radical (unpaired) electrons. The maximum atomic E-state index is 12.2. The molecule has 0 fully saturated rings. The van der Waals surface area contributed by atoms with Crippen molar-refractivity contribution >= 4 is 28.7 Å². The van der Waals surface area contributed by atoms with Gasteiger partial charge < -0.3 is 9.73 Å². The number of hydrogen-bond donors (Lipinski definition) is 1. The highest BCUT2D eigenvalue weighted by molar-refractivity contribution is 6.03. The lowest BCUT2D eigenvalue weighted by atomic mass is 10.1. The molecule has 0 atom stereocenters. The first-order valence-corrected chi connectivity index (χ1v) is 8.56. The quantitative estimate of drug-likeness (QED) is 0.553. The molecule has 0 unspecified atom stereocenters. The second kappa shape index (κ2) is 6.92. The van der Waals surface area contributed by atoms with Crippen molar-refractivity contribution in [3.8, 4) is 5.69 Å². The van der Waals surface area contributed by atoms with Crippen LogP contribution in [0.5, 0.6) is 0 Å². The number of amides is 1. The van der Waals surface area contributed by atoms with Crippen LogP contribution in [-0.2, 0) is 4.79 Å². The molecule has 6 nitrogen and oxygen atoms in total. The van der Waals surface area contributed by atoms with E-state index in [-0.39, 0.29) is 5.91 Å². The molecule has 6 heteroatoms. The Labute approximate surface area is 156 Å². The molecule has 0 saturated carbocycles. The lowest BCUT2D eigenvalue weighted by molar-refractivity contribution is -0.111. The third-order valence-electron chi connectivity index (χ3n) is 4.19. The van der Waals surface area contributed by atoms with Gasteiger partial charge in [0.2, 0.25) is 5.91 Å². The maximum absolute atomic E-state index is 12.2. The number of nitrogens with zero attached hydrogens (tertiary/aromatic N) is 3. The number of aryl methyl sites for hydroxylation is 2. The monoisotopic (exact) mass is 358 g/mol. The van der Waals surface area contributed by atoms with E-state index in [0.717, 1.165) is 16.8 Å². The fourth-order valence-electron chi connectivity index (χ4n) is 2.71. The summed E-state index contributed by atoms with van der Waals surface area (Å²) in [6.07, 6.45) is 4.62. The molecule has 2 heterocycles. The molecule has 134 valence electrons. The van der Waals surface area contributed by atoms with Crippen molar-refractivity contribution in [1.82, 2.24) is 15.0 Å². The fraction of sp³-hybridized carbons (Fsp3) is 0.0952. The number of nitrogens with one attached hydrogen (secondary N) is 1. The number of fused-ring (bicyclic) bond motifs is 1. The van der Waals surface area contributed by atoms with Gasteiger partial charge in [0.1, 0.15) is 16.8 Å². The first kappa shape index (κ1) is 16.8. The first-order valence-electron chi connectivity index (χ1n) is 8.56. The van der Waals surface area contributed by atoms with Crippen LogP contribution in [0, 0.1) is 13.8 Å². The summed E-state index contributed by atoms with van der Waals surface area (Å²) in [4.78, 5) is 13.8. The third-order valence-corrected chi connectivity index (χ3v) is 4.19. The summed E-state index contributed by atoms with van der Waals surface area (Å²) in [5.74, 6) is 0.387. The van der Waals surface area contributed by atoms with Gasteiger partial charge in [-0.15, -0.1) is 10.2 Å². The van der Waals surface area contributed by atoms with Crippen LogP contribution in [-0.4, -0.2) is 20.9 Å². The topological polar surface area (TPSA) is 73.0 Å². The zero-order valence-corrected chi connectivity index (χ0v) is 15.0. The second-order valence-corrected chi connectivity index (χ2v) is 6.32. The molecule has 0 aliphatic carbocycles. The van der Waals surface area contributed by atoms with E-state index in [0.29, 0.717) is 17.0 Å². The number of rotatable bonds is 4. The highest BCUT2D eigenvalue weighted by atomic mass is 16.3. The summed E-state index contributed by atoms with van der Waals surface area (Å²) >= 11 is 0. The van der Waals surface area contributed by atoms with Gasteiger partial charge in [0, 0.05) is 11.8 Å². The van der Waals surface area contributed by atoms with E-state index in [1.165, 1.54) is 11.6 Å². The molecule has 0 bridgehead atoms. The molecule has 0 aliphatic rings. The summed E-state index contributed by atoms with van der Waals surface area (Å²) in [5, 5.41) is 11.9. The van der Waals surface area contributed by atoms with E-state index in [1.807, 2.05) is 50.2 Å². The van der Waals surface area contributed by atoms with Crippen molar-refractivity contribution in [2.75, 3.05) is 5.32 Å². The lowest BCUT2D eigenvalue weighted by Crippen LogP contribution is -2.08. The molecule has 2 aromatic carbocycles. The van der Waals surface area contributed by atoms with Crippen LogP contribution in [0.2, 0.25) is 0 Å². The van der Waals surface area contributed by atoms with Gasteiger partial charge in [-0.1, -0.05) is 17.7 Å². The molecular weight excluding hydrogens is 340 g/mol. The summed E-state index contributed by atoms with van der Waals surface area (Å²) in [5.41, 5.74) is 5.18. The Bertz CT molecular complexity index is 1120. The molecule has 0 aliphatic heterocycles. The van der Waals surface area contributed by atoms with Crippen molar-refractivity contribution in [3.63, 3.8) is 0 Å². The average molecular weight is 358 g/mol. The van der Waals surface area contributed by atoms with Crippen LogP contribution in [0.25, 0.3) is 22.8 Å². The van der Waals surface area contributed by atoms with Gasteiger partial charge in [-0.05, 0) is 61.9 Å². The number of benzene rings is 2. The average Bonchev–Trinajstić information content (AvgIpc) is 3.30. The minimum atomic E-state index is -0.236. The number of furan rings is 1. The smallest absolute Gasteiger partial charge is 0.248 e. The van der Waals surface area contributed by atoms with Crippen LogP contribution < -0.4 is 5.32 Å². The Morgan fingerprint density at radius 3 is 2.52 bits per heavy atom. The number of aromatic nitrogens is 3. The summed E-state index contributed by atoms with van der Waals surface area (Å²) in [7, 11) is 0. The highest BCUT2D eigenvalue weighted by Gasteiger charge is 2.10. The number of carbonyl (C=O) groups excluding carboxylic acids is 1. The van der Waals surface area contributed by atoms with Gasteiger partial charge in [-0.2, -0.15) is 4.80 Å². The number of hydrogen-bond acceptors (Lipinski definition) is 4. The van der Waals surface area contributed by atoms with Crippen LogP contribution in [0.3, 0.4) is 0 Å². The number of carbonyl (C=O) groups is 1. The van der Waals surface area contributed by atoms with Crippen LogP contribution in [0.15, 0.2) is 65.3 Å². The molecule has 4 aromatic rings. The Morgan fingerprint density at radius 2 is 1.81 bits per heavy atom. The van der Waals surface area contributed by atoms with E-state index in [2.05, 4.69) is 15.5 Å². The van der Waals surface area contributed by atoms with E-state index < -0.39 is 0 Å². The lowest BCUT2D eigenvalue weighted by Gasteiger charge is -2.05. The van der Waals surface area contributed by atoms with Gasteiger partial charge >= 0.3 is 0 Å². The normalized spacial score (nSPS) is 11.3. The Hall–Kier alpha value is -3.67. The molecule has 0 saturated heterocycles. The second-order valence-electron chi connectivity index (χ2n) is 6.32. The largest absolute Gasteiger partial charge is 0.465 e. The molecule has 1 amide bonds. The molecule has 2 aromatic heterocycles. The van der Waals surface area contributed by atoms with Crippen molar-refractivity contribution in [2.45, 2.75) is 13.8 Å². The molecule has 27 heavy (non-hydrogen) atoms. The van der Waals surface area contributed by atoms with Gasteiger partial charge in [0.25, 0.3) is 0 Å². The first-order chi connectivity index (χ1) is 13.1. The Balaban J connectivity index is 1.59. The molecular formula is C21H18N4O2. The summed E-state index contributed by atoms with van der Waals surface area (Å²) in [6.45, 7) is 3.96. The van der Waals surface area contributed by atoms with Gasteiger partial charge in [0.05, 0.1) is 12.0 Å². The van der Waals surface area contributed by atoms with Gasteiger partial charge in [0.15, 0.2) is 0 Å². The van der Waals surface area contributed by atoms with E-state index in [1.54, 1.807) is 29.3 Å². The Kier molecular flexibility index (Phi) is 4.30.